The quantitative estimate of drug-likeness (QED) is 0.634. The molecule has 3 heterocycles. The number of hydrogen-bond acceptors (Lipinski definition) is 5. The summed E-state index contributed by atoms with van der Waals surface area (Å²) in [6, 6.07) is 2.07. The summed E-state index contributed by atoms with van der Waals surface area (Å²) in [5.74, 6) is 0.641. The first-order chi connectivity index (χ1) is 12.6. The Morgan fingerprint density at radius 1 is 1.30 bits per heavy atom. The zero-order chi connectivity index (χ0) is 18.4. The topological polar surface area (TPSA) is 73.5 Å². The van der Waals surface area contributed by atoms with Gasteiger partial charge in [-0.2, -0.15) is 0 Å². The van der Waals surface area contributed by atoms with E-state index < -0.39 is 0 Å². The van der Waals surface area contributed by atoms with Crippen LogP contribution in [0.3, 0.4) is 0 Å². The number of piperidine rings is 1. The normalized spacial score (nSPS) is 22.9. The van der Waals surface area contributed by atoms with Gasteiger partial charge in [0.1, 0.15) is 0 Å². The number of hydrogen-bond donors (Lipinski definition) is 3. The maximum absolute atomic E-state index is 12.2. The van der Waals surface area contributed by atoms with Crippen LogP contribution in [0.2, 0.25) is 0 Å². The number of nitrogens with zero attached hydrogens (tertiary/aromatic N) is 1. The van der Waals surface area contributed by atoms with Crippen LogP contribution >= 0.6 is 23.7 Å². The number of likely N-dealkylation sites (tertiary alicyclic amines) is 1. The lowest BCUT2D eigenvalue weighted by atomic mass is 9.98. The van der Waals surface area contributed by atoms with Gasteiger partial charge >= 0.3 is 0 Å². The van der Waals surface area contributed by atoms with Gasteiger partial charge in [0.25, 0.3) is 0 Å². The Hall–Kier alpha value is -1.15. The van der Waals surface area contributed by atoms with Crippen LogP contribution in [0.15, 0.2) is 11.4 Å². The standard InChI is InChI=1S/C19H30N4O2S.ClH/c1-14-6-9-26-17(14)11-21-18(24)13-23-8-3-4-15(12-23)10-22-19(25)16-5-2-7-20-16;/h6,9,15-16,20H,2-5,7-8,10-13H2,1H3,(H,21,24)(H,22,25);1H. The summed E-state index contributed by atoms with van der Waals surface area (Å²) >= 11 is 1.68. The molecule has 2 aliphatic rings. The second-order valence-corrected chi connectivity index (χ2v) is 8.44. The van der Waals surface area contributed by atoms with Crippen LogP contribution in [-0.4, -0.2) is 55.5 Å². The molecule has 0 saturated carbocycles. The van der Waals surface area contributed by atoms with Crippen molar-refractivity contribution in [2.45, 2.75) is 45.2 Å². The number of carbonyl (C=O) groups is 2. The SMILES string of the molecule is Cc1ccsc1CNC(=O)CN1CCCC(CNC(=O)C2CCCN2)C1.Cl. The predicted octanol–water partition coefficient (Wildman–Crippen LogP) is 1.67. The van der Waals surface area contributed by atoms with Crippen LogP contribution < -0.4 is 16.0 Å². The fraction of sp³-hybridized carbons (Fsp3) is 0.684. The fourth-order valence-corrected chi connectivity index (χ4v) is 4.61. The Labute approximate surface area is 171 Å². The molecule has 3 N–H and O–H groups in total. The lowest BCUT2D eigenvalue weighted by Crippen LogP contribution is -2.47. The van der Waals surface area contributed by atoms with E-state index in [0.29, 0.717) is 25.6 Å². The summed E-state index contributed by atoms with van der Waals surface area (Å²) in [4.78, 5) is 27.8. The molecular weight excluding hydrogens is 384 g/mol. The van der Waals surface area contributed by atoms with Crippen molar-refractivity contribution in [2.24, 2.45) is 5.92 Å². The highest BCUT2D eigenvalue weighted by Crippen LogP contribution is 2.17. The first-order valence-corrected chi connectivity index (χ1v) is 10.5. The third-order valence-electron chi connectivity index (χ3n) is 5.33. The van der Waals surface area contributed by atoms with Crippen LogP contribution in [-0.2, 0) is 16.1 Å². The minimum Gasteiger partial charge on any atom is -0.354 e. The fourth-order valence-electron chi connectivity index (χ4n) is 3.76. The summed E-state index contributed by atoms with van der Waals surface area (Å²) in [5, 5.41) is 11.4. The van der Waals surface area contributed by atoms with Crippen molar-refractivity contribution in [1.29, 1.82) is 0 Å². The lowest BCUT2D eigenvalue weighted by molar-refractivity contribution is -0.124. The van der Waals surface area contributed by atoms with Gasteiger partial charge in [-0.15, -0.1) is 23.7 Å². The summed E-state index contributed by atoms with van der Waals surface area (Å²) < 4.78 is 0. The van der Waals surface area contributed by atoms with Crippen molar-refractivity contribution >= 4 is 35.6 Å². The first-order valence-electron chi connectivity index (χ1n) is 9.65. The molecule has 0 radical (unpaired) electrons. The van der Waals surface area contributed by atoms with E-state index >= 15 is 0 Å². The van der Waals surface area contributed by atoms with E-state index in [1.165, 1.54) is 10.4 Å². The lowest BCUT2D eigenvalue weighted by Gasteiger charge is -2.32. The number of nitrogens with one attached hydrogen (secondary N) is 3. The van der Waals surface area contributed by atoms with Gasteiger partial charge in [-0.3, -0.25) is 14.5 Å². The average Bonchev–Trinajstić information content (AvgIpc) is 3.30. The number of halogens is 1. The van der Waals surface area contributed by atoms with E-state index in [9.17, 15) is 9.59 Å². The van der Waals surface area contributed by atoms with Gasteiger partial charge < -0.3 is 16.0 Å². The molecule has 0 bridgehead atoms. The molecule has 0 spiro atoms. The smallest absolute Gasteiger partial charge is 0.237 e. The molecule has 152 valence electrons. The number of carbonyl (C=O) groups excluding carboxylic acids is 2. The molecule has 0 aromatic carbocycles. The minimum absolute atomic E-state index is 0. The predicted molar refractivity (Wildman–Crippen MR) is 111 cm³/mol. The van der Waals surface area contributed by atoms with Crippen LogP contribution in [0.25, 0.3) is 0 Å². The monoisotopic (exact) mass is 414 g/mol. The average molecular weight is 415 g/mol. The number of rotatable bonds is 7. The molecule has 1 aromatic rings. The molecule has 27 heavy (non-hydrogen) atoms. The second kappa shape index (κ2) is 11.0. The highest BCUT2D eigenvalue weighted by Gasteiger charge is 2.25. The third kappa shape index (κ3) is 6.75. The van der Waals surface area contributed by atoms with Gasteiger partial charge in [0.2, 0.25) is 11.8 Å². The molecule has 1 aromatic heterocycles. The van der Waals surface area contributed by atoms with E-state index in [-0.39, 0.29) is 30.3 Å². The van der Waals surface area contributed by atoms with Crippen molar-refractivity contribution in [1.82, 2.24) is 20.9 Å². The van der Waals surface area contributed by atoms with E-state index in [0.717, 1.165) is 45.3 Å². The first kappa shape index (κ1) is 22.1. The van der Waals surface area contributed by atoms with Crippen LogP contribution in [0.1, 0.15) is 36.1 Å². The van der Waals surface area contributed by atoms with Gasteiger partial charge in [-0.25, -0.2) is 0 Å². The summed E-state index contributed by atoms with van der Waals surface area (Å²) in [7, 11) is 0. The van der Waals surface area contributed by atoms with Crippen LogP contribution in [0, 0.1) is 12.8 Å². The molecule has 6 nitrogen and oxygen atoms in total. The molecule has 3 rings (SSSR count). The van der Waals surface area contributed by atoms with Crippen molar-refractivity contribution < 1.29 is 9.59 Å². The Kier molecular flexibility index (Phi) is 9.02. The zero-order valence-corrected chi connectivity index (χ0v) is 17.6. The van der Waals surface area contributed by atoms with Crippen molar-refractivity contribution in [3.63, 3.8) is 0 Å². The second-order valence-electron chi connectivity index (χ2n) is 7.44. The number of thiophene rings is 1. The molecule has 2 aliphatic heterocycles. The Morgan fingerprint density at radius 2 is 2.15 bits per heavy atom. The summed E-state index contributed by atoms with van der Waals surface area (Å²) in [6.45, 7) is 6.62. The Morgan fingerprint density at radius 3 is 2.85 bits per heavy atom. The molecular formula is C19H31ClN4O2S. The van der Waals surface area contributed by atoms with Gasteiger partial charge in [-0.1, -0.05) is 0 Å². The minimum atomic E-state index is -0.0128. The number of aryl methyl sites for hydroxylation is 1. The highest BCUT2D eigenvalue weighted by atomic mass is 35.5. The molecule has 2 atom stereocenters. The van der Waals surface area contributed by atoms with E-state index in [1.54, 1.807) is 11.3 Å². The molecule has 0 aliphatic carbocycles. The van der Waals surface area contributed by atoms with Crippen LogP contribution in [0.5, 0.6) is 0 Å². The largest absolute Gasteiger partial charge is 0.354 e. The van der Waals surface area contributed by atoms with Crippen molar-refractivity contribution in [3.8, 4) is 0 Å². The molecule has 2 unspecified atom stereocenters. The Balaban J connectivity index is 0.00000261. The van der Waals surface area contributed by atoms with Gasteiger partial charge in [-0.05, 0) is 68.6 Å². The van der Waals surface area contributed by atoms with E-state index in [1.807, 2.05) is 0 Å². The maximum Gasteiger partial charge on any atom is 0.237 e. The summed E-state index contributed by atoms with van der Waals surface area (Å²) in [6.07, 6.45) is 4.21. The third-order valence-corrected chi connectivity index (χ3v) is 6.35. The van der Waals surface area contributed by atoms with Gasteiger partial charge in [0, 0.05) is 18.0 Å². The molecule has 8 heteroatoms. The van der Waals surface area contributed by atoms with E-state index in [2.05, 4.69) is 39.2 Å². The summed E-state index contributed by atoms with van der Waals surface area (Å²) in [5.41, 5.74) is 1.24. The molecule has 2 saturated heterocycles. The highest BCUT2D eigenvalue weighted by molar-refractivity contribution is 7.10. The number of amides is 2. The molecule has 2 fully saturated rings. The zero-order valence-electron chi connectivity index (χ0n) is 16.0. The maximum atomic E-state index is 12.2. The van der Waals surface area contributed by atoms with Crippen molar-refractivity contribution in [2.75, 3.05) is 32.7 Å². The van der Waals surface area contributed by atoms with Gasteiger partial charge in [0.05, 0.1) is 19.1 Å². The van der Waals surface area contributed by atoms with Gasteiger partial charge in [0.15, 0.2) is 0 Å². The molecule has 2 amide bonds. The van der Waals surface area contributed by atoms with E-state index in [4.69, 9.17) is 0 Å². The van der Waals surface area contributed by atoms with Crippen LogP contribution in [0.4, 0.5) is 0 Å². The Bertz CT molecular complexity index is 619. The van der Waals surface area contributed by atoms with Crippen molar-refractivity contribution in [3.05, 3.63) is 21.9 Å².